The Kier molecular flexibility index (Phi) is 4.57. The van der Waals surface area contributed by atoms with Gasteiger partial charge in [0.05, 0.1) is 12.3 Å². The van der Waals surface area contributed by atoms with Crippen molar-refractivity contribution in [2.75, 3.05) is 25.1 Å². The zero-order chi connectivity index (χ0) is 14.5. The van der Waals surface area contributed by atoms with E-state index in [-0.39, 0.29) is 12.4 Å². The Hall–Kier alpha value is -2.09. The minimum Gasteiger partial charge on any atom is -0.494 e. The van der Waals surface area contributed by atoms with Crippen molar-refractivity contribution in [3.05, 3.63) is 22.6 Å². The van der Waals surface area contributed by atoms with Gasteiger partial charge in [-0.25, -0.2) is 9.78 Å². The molecule has 0 aliphatic carbocycles. The molecular formula is C12H14N2O5S. The first-order valence-electron chi connectivity index (χ1n) is 6.02. The summed E-state index contributed by atoms with van der Waals surface area (Å²) in [6.07, 6.45) is 1.26. The number of anilines is 1. The Balaban J connectivity index is 2.06. The van der Waals surface area contributed by atoms with E-state index < -0.39 is 11.9 Å². The topological polar surface area (TPSA) is 86.8 Å². The molecule has 1 N–H and O–H groups in total. The maximum Gasteiger partial charge on any atom is 0.350 e. The highest BCUT2D eigenvalue weighted by Gasteiger charge is 2.20. The number of hydrogen-bond donors (Lipinski definition) is 1. The fourth-order valence-electron chi connectivity index (χ4n) is 1.48. The molecule has 0 spiro atoms. The maximum atomic E-state index is 11.8. The molecule has 1 aliphatic heterocycles. The lowest BCUT2D eigenvalue weighted by Gasteiger charge is -2.14. The second-order valence-electron chi connectivity index (χ2n) is 3.81. The van der Waals surface area contributed by atoms with E-state index in [9.17, 15) is 9.59 Å². The van der Waals surface area contributed by atoms with Gasteiger partial charge in [-0.2, -0.15) is 0 Å². The summed E-state index contributed by atoms with van der Waals surface area (Å²) in [5, 5.41) is 2.87. The summed E-state index contributed by atoms with van der Waals surface area (Å²) in [5.41, 5.74) is 0.513. The van der Waals surface area contributed by atoms with Gasteiger partial charge >= 0.3 is 5.97 Å². The van der Waals surface area contributed by atoms with E-state index >= 15 is 0 Å². The Morgan fingerprint density at radius 3 is 2.95 bits per heavy atom. The fourth-order valence-corrected chi connectivity index (χ4v) is 2.34. The molecule has 0 bridgehead atoms. The van der Waals surface area contributed by atoms with Crippen LogP contribution in [0.3, 0.4) is 0 Å². The van der Waals surface area contributed by atoms with Gasteiger partial charge in [0.15, 0.2) is 5.13 Å². The van der Waals surface area contributed by atoms with Crippen LogP contribution < -0.4 is 5.32 Å². The number of carbonyl (C=O) groups excluding carboxylic acids is 2. The zero-order valence-corrected chi connectivity index (χ0v) is 11.9. The summed E-state index contributed by atoms with van der Waals surface area (Å²) in [7, 11) is 0. The number of thiazole rings is 1. The number of nitrogens with one attached hydrogen (secondary N) is 1. The summed E-state index contributed by atoms with van der Waals surface area (Å²) in [5.74, 6) is -0.824. The Labute approximate surface area is 119 Å². The number of rotatable bonds is 4. The lowest BCUT2D eigenvalue weighted by Crippen LogP contribution is -2.21. The van der Waals surface area contributed by atoms with Crippen LogP contribution in [0.2, 0.25) is 0 Å². The zero-order valence-electron chi connectivity index (χ0n) is 11.1. The van der Waals surface area contributed by atoms with E-state index in [0.29, 0.717) is 28.9 Å². The van der Waals surface area contributed by atoms with Crippen LogP contribution in [0.15, 0.2) is 12.0 Å². The monoisotopic (exact) mass is 298 g/mol. The Morgan fingerprint density at radius 1 is 1.50 bits per heavy atom. The van der Waals surface area contributed by atoms with Crippen LogP contribution in [-0.2, 0) is 19.0 Å². The van der Waals surface area contributed by atoms with E-state index in [1.807, 2.05) is 0 Å². The van der Waals surface area contributed by atoms with Crippen molar-refractivity contribution in [1.29, 1.82) is 0 Å². The normalized spacial score (nSPS) is 13.8. The second-order valence-corrected chi connectivity index (χ2v) is 4.81. The first-order valence-corrected chi connectivity index (χ1v) is 6.84. The van der Waals surface area contributed by atoms with Crippen molar-refractivity contribution in [3.8, 4) is 0 Å². The van der Waals surface area contributed by atoms with Gasteiger partial charge in [-0.05, 0) is 13.8 Å². The van der Waals surface area contributed by atoms with Crippen LogP contribution >= 0.6 is 11.3 Å². The third-order valence-electron chi connectivity index (χ3n) is 2.35. The average Bonchev–Trinajstić information content (AvgIpc) is 2.81. The van der Waals surface area contributed by atoms with E-state index in [4.69, 9.17) is 14.2 Å². The predicted molar refractivity (Wildman–Crippen MR) is 71.4 cm³/mol. The molecule has 0 fully saturated rings. The van der Waals surface area contributed by atoms with Crippen LogP contribution in [0.5, 0.6) is 0 Å². The number of esters is 1. The number of amides is 1. The molecular weight excluding hydrogens is 284 g/mol. The number of aromatic nitrogens is 1. The number of carbonyl (C=O) groups is 2. The molecule has 0 saturated carbocycles. The standard InChI is InChI=1S/C12H14N2O5S/c1-3-18-11(16)9-7(2)13-12(20-9)14-10(15)8-6-17-4-5-19-8/h6H,3-5H2,1-2H3,(H,13,14,15). The molecule has 0 radical (unpaired) electrons. The second kappa shape index (κ2) is 6.38. The quantitative estimate of drug-likeness (QED) is 0.847. The van der Waals surface area contributed by atoms with Crippen LogP contribution in [0, 0.1) is 6.92 Å². The number of ether oxygens (including phenoxy) is 3. The molecule has 20 heavy (non-hydrogen) atoms. The minimum absolute atomic E-state index is 0.0850. The van der Waals surface area contributed by atoms with Crippen molar-refractivity contribution in [3.63, 3.8) is 0 Å². The Bertz CT molecular complexity index is 552. The molecule has 1 aliphatic rings. The van der Waals surface area contributed by atoms with E-state index in [0.717, 1.165) is 11.3 Å². The van der Waals surface area contributed by atoms with Gasteiger partial charge in [0.25, 0.3) is 5.91 Å². The summed E-state index contributed by atoms with van der Waals surface area (Å²) in [6.45, 7) is 4.43. The maximum absolute atomic E-state index is 11.8. The molecule has 8 heteroatoms. The largest absolute Gasteiger partial charge is 0.494 e. The minimum atomic E-state index is -0.464. The molecule has 108 valence electrons. The Morgan fingerprint density at radius 2 is 2.30 bits per heavy atom. The van der Waals surface area contributed by atoms with Gasteiger partial charge < -0.3 is 14.2 Å². The first kappa shape index (κ1) is 14.3. The number of hydrogen-bond acceptors (Lipinski definition) is 7. The molecule has 2 heterocycles. The summed E-state index contributed by atoms with van der Waals surface area (Å²) < 4.78 is 15.1. The van der Waals surface area contributed by atoms with Gasteiger partial charge in [0, 0.05) is 0 Å². The van der Waals surface area contributed by atoms with Gasteiger partial charge in [-0.3, -0.25) is 10.1 Å². The highest BCUT2D eigenvalue weighted by molar-refractivity contribution is 7.17. The number of aryl methyl sites for hydroxylation is 1. The molecule has 2 rings (SSSR count). The average molecular weight is 298 g/mol. The third-order valence-corrected chi connectivity index (χ3v) is 3.40. The molecule has 0 unspecified atom stereocenters. The summed E-state index contributed by atoms with van der Waals surface area (Å²) in [4.78, 5) is 28.0. The molecule has 1 amide bonds. The summed E-state index contributed by atoms with van der Waals surface area (Å²) >= 11 is 1.06. The molecule has 0 atom stereocenters. The molecule has 1 aromatic heterocycles. The fraction of sp³-hybridized carbons (Fsp3) is 0.417. The van der Waals surface area contributed by atoms with Crippen molar-refractivity contribution in [2.24, 2.45) is 0 Å². The van der Waals surface area contributed by atoms with Crippen LogP contribution in [0.4, 0.5) is 5.13 Å². The third kappa shape index (κ3) is 3.27. The van der Waals surface area contributed by atoms with Crippen molar-refractivity contribution in [2.45, 2.75) is 13.8 Å². The smallest absolute Gasteiger partial charge is 0.350 e. The van der Waals surface area contributed by atoms with Gasteiger partial charge in [0.2, 0.25) is 5.76 Å². The molecule has 0 aromatic carbocycles. The van der Waals surface area contributed by atoms with E-state index in [1.165, 1.54) is 6.26 Å². The highest BCUT2D eigenvalue weighted by Crippen LogP contribution is 2.24. The highest BCUT2D eigenvalue weighted by atomic mass is 32.1. The van der Waals surface area contributed by atoms with Gasteiger partial charge in [0.1, 0.15) is 24.4 Å². The lowest BCUT2D eigenvalue weighted by molar-refractivity contribution is -0.117. The molecule has 7 nitrogen and oxygen atoms in total. The predicted octanol–water partition coefficient (Wildman–Crippen LogP) is 1.45. The lowest BCUT2D eigenvalue weighted by atomic mass is 10.4. The van der Waals surface area contributed by atoms with Gasteiger partial charge in [-0.15, -0.1) is 0 Å². The van der Waals surface area contributed by atoms with Crippen LogP contribution in [0.1, 0.15) is 22.3 Å². The van der Waals surface area contributed by atoms with Crippen LogP contribution in [0.25, 0.3) is 0 Å². The molecule has 0 saturated heterocycles. The first-order chi connectivity index (χ1) is 9.61. The van der Waals surface area contributed by atoms with Crippen LogP contribution in [-0.4, -0.2) is 36.7 Å². The molecule has 1 aromatic rings. The van der Waals surface area contributed by atoms with E-state index in [2.05, 4.69) is 10.3 Å². The van der Waals surface area contributed by atoms with Crippen molar-refractivity contribution < 1.29 is 23.8 Å². The number of nitrogens with zero attached hydrogens (tertiary/aromatic N) is 1. The van der Waals surface area contributed by atoms with Crippen molar-refractivity contribution >= 4 is 28.3 Å². The summed E-state index contributed by atoms with van der Waals surface area (Å²) in [6, 6.07) is 0. The van der Waals surface area contributed by atoms with Crippen molar-refractivity contribution in [1.82, 2.24) is 4.98 Å². The van der Waals surface area contributed by atoms with E-state index in [1.54, 1.807) is 13.8 Å². The van der Waals surface area contributed by atoms with Gasteiger partial charge in [-0.1, -0.05) is 11.3 Å². The SMILES string of the molecule is CCOC(=O)c1sc(NC(=O)C2=COCCO2)nc1C.